The first-order valence-electron chi connectivity index (χ1n) is 3.04. The van der Waals surface area contributed by atoms with E-state index in [1.165, 1.54) is 0 Å². The Bertz CT molecular complexity index is 151. The first kappa shape index (κ1) is 7.02. The molecule has 0 saturated heterocycles. The molecular formula is C7H9N2O+. The summed E-state index contributed by atoms with van der Waals surface area (Å²) in [6.07, 6.45) is 5.71. The molecule has 1 heterocycles. The lowest BCUT2D eigenvalue weighted by atomic mass is 10.6. The second kappa shape index (κ2) is 3.85. The maximum Gasteiger partial charge on any atom is 0.266 e. The summed E-state index contributed by atoms with van der Waals surface area (Å²) in [4.78, 5) is 7.84. The number of hydrogen-bond acceptors (Lipinski definition) is 3. The van der Waals surface area contributed by atoms with Crippen LogP contribution in [0.1, 0.15) is 0 Å². The lowest BCUT2D eigenvalue weighted by molar-refractivity contribution is 0.172. The third-order valence-electron chi connectivity index (χ3n) is 0.981. The van der Waals surface area contributed by atoms with Crippen molar-refractivity contribution in [1.82, 2.24) is 0 Å². The maximum absolute atomic E-state index is 5.08. The van der Waals surface area contributed by atoms with Gasteiger partial charge in [0.15, 0.2) is 19.0 Å². The Morgan fingerprint density at radius 1 is 1.50 bits per heavy atom. The fourth-order valence-electron chi connectivity index (χ4n) is 0.580. The first-order chi connectivity index (χ1) is 4.93. The molecule has 1 rings (SSSR count). The normalized spacial score (nSPS) is 14.6. The molecule has 0 N–H and O–H groups in total. The summed E-state index contributed by atoms with van der Waals surface area (Å²) in [5, 5.41) is 0. The molecule has 0 saturated carbocycles. The van der Waals surface area contributed by atoms with Crippen LogP contribution in [0, 0.1) is 6.17 Å². The molecule has 3 heteroatoms. The summed E-state index contributed by atoms with van der Waals surface area (Å²) >= 11 is 0. The van der Waals surface area contributed by atoms with Gasteiger partial charge < -0.3 is 4.74 Å². The molecule has 0 aromatic heterocycles. The summed E-state index contributed by atoms with van der Waals surface area (Å²) in [6, 6.07) is 0. The number of rotatable bonds is 4. The smallest absolute Gasteiger partial charge is 0.266 e. The van der Waals surface area contributed by atoms with E-state index in [4.69, 9.17) is 4.74 Å². The predicted octanol–water partition coefficient (Wildman–Crippen LogP) is 0.834. The van der Waals surface area contributed by atoms with E-state index >= 15 is 0 Å². The largest absolute Gasteiger partial charge is 0.356 e. The van der Waals surface area contributed by atoms with Crippen LogP contribution in [-0.2, 0) is 4.74 Å². The van der Waals surface area contributed by atoms with E-state index in [0.717, 1.165) is 6.17 Å². The van der Waals surface area contributed by atoms with Gasteiger partial charge in [-0.25, -0.2) is 0 Å². The minimum atomic E-state index is 0.471. The zero-order valence-electron chi connectivity index (χ0n) is 5.66. The summed E-state index contributed by atoms with van der Waals surface area (Å²) in [6.45, 7) is 4.54. The summed E-state index contributed by atoms with van der Waals surface area (Å²) in [5.74, 6) is 0. The Morgan fingerprint density at radius 3 is 2.80 bits per heavy atom. The molecule has 0 fully saturated rings. The average Bonchev–Trinajstić information content (AvgIpc) is 2.41. The molecule has 1 aliphatic heterocycles. The van der Waals surface area contributed by atoms with Gasteiger partial charge in [-0.2, -0.15) is 0 Å². The Kier molecular flexibility index (Phi) is 2.70. The van der Waals surface area contributed by atoms with E-state index in [9.17, 15) is 0 Å². The molecule has 10 heavy (non-hydrogen) atoms. The molecule has 0 aromatic carbocycles. The molecule has 0 spiro atoms. The molecule has 1 aliphatic rings. The highest BCUT2D eigenvalue weighted by Gasteiger charge is 2.14. The van der Waals surface area contributed by atoms with Crippen molar-refractivity contribution in [2.75, 3.05) is 13.2 Å². The Labute approximate surface area is 60.1 Å². The highest BCUT2D eigenvalue weighted by Crippen LogP contribution is 2.06. The number of aliphatic imine (C=N–C) groups is 2. The zero-order chi connectivity index (χ0) is 7.23. The standard InChI is InChI=1S/C7H9N2O/c1-2-5-10-6-7-8-3-4-9-7/h2-4H,1,5-6H2/q+1. The lowest BCUT2D eigenvalue weighted by Crippen LogP contribution is -2.00. The molecule has 3 nitrogen and oxygen atoms in total. The maximum atomic E-state index is 5.08. The van der Waals surface area contributed by atoms with Crippen molar-refractivity contribution in [3.63, 3.8) is 0 Å². The van der Waals surface area contributed by atoms with E-state index < -0.39 is 0 Å². The average molecular weight is 137 g/mol. The van der Waals surface area contributed by atoms with E-state index in [1.807, 2.05) is 0 Å². The van der Waals surface area contributed by atoms with Gasteiger partial charge in [-0.05, 0) is 0 Å². The predicted molar refractivity (Wildman–Crippen MR) is 41.2 cm³/mol. The third kappa shape index (κ3) is 2.03. The van der Waals surface area contributed by atoms with Crippen LogP contribution in [0.25, 0.3) is 0 Å². The fourth-order valence-corrected chi connectivity index (χ4v) is 0.580. The number of nitrogens with zero attached hydrogens (tertiary/aromatic N) is 2. The van der Waals surface area contributed by atoms with E-state index in [-0.39, 0.29) is 0 Å². The van der Waals surface area contributed by atoms with Gasteiger partial charge in [0, 0.05) is 0 Å². The van der Waals surface area contributed by atoms with Crippen molar-refractivity contribution in [2.24, 2.45) is 9.98 Å². The number of hydrogen-bond donors (Lipinski definition) is 0. The van der Waals surface area contributed by atoms with Gasteiger partial charge in [0.05, 0.1) is 6.61 Å². The molecule has 0 aliphatic carbocycles. The zero-order valence-corrected chi connectivity index (χ0v) is 5.66. The molecule has 0 atom stereocenters. The minimum Gasteiger partial charge on any atom is -0.356 e. The van der Waals surface area contributed by atoms with Crippen molar-refractivity contribution in [2.45, 2.75) is 0 Å². The topological polar surface area (TPSA) is 34.0 Å². The summed E-state index contributed by atoms with van der Waals surface area (Å²) < 4.78 is 5.08. The van der Waals surface area contributed by atoms with Gasteiger partial charge in [0.25, 0.3) is 6.17 Å². The van der Waals surface area contributed by atoms with E-state index in [0.29, 0.717) is 13.2 Å². The minimum absolute atomic E-state index is 0.471. The van der Waals surface area contributed by atoms with Crippen molar-refractivity contribution in [3.8, 4) is 0 Å². The van der Waals surface area contributed by atoms with Gasteiger partial charge in [-0.3, -0.25) is 0 Å². The van der Waals surface area contributed by atoms with Gasteiger partial charge >= 0.3 is 0 Å². The van der Waals surface area contributed by atoms with Crippen LogP contribution < -0.4 is 0 Å². The Hall–Kier alpha value is -1.09. The highest BCUT2D eigenvalue weighted by molar-refractivity contribution is 6.18. The molecule has 0 radical (unpaired) electrons. The Morgan fingerprint density at radius 2 is 2.20 bits per heavy atom. The first-order valence-corrected chi connectivity index (χ1v) is 3.04. The fraction of sp³-hybridized carbons (Fsp3) is 0.286. The quantitative estimate of drug-likeness (QED) is 0.321. The number of ether oxygens (including phenoxy) is 1. The van der Waals surface area contributed by atoms with Crippen LogP contribution in [0.5, 0.6) is 0 Å². The van der Waals surface area contributed by atoms with Crippen molar-refractivity contribution in [1.29, 1.82) is 0 Å². The van der Waals surface area contributed by atoms with Gasteiger partial charge in [-0.1, -0.05) is 16.1 Å². The van der Waals surface area contributed by atoms with E-state index in [2.05, 4.69) is 16.6 Å². The molecule has 0 aromatic rings. The molecular weight excluding hydrogens is 128 g/mol. The monoisotopic (exact) mass is 137 g/mol. The lowest BCUT2D eigenvalue weighted by Gasteiger charge is -1.95. The molecule has 0 bridgehead atoms. The van der Waals surface area contributed by atoms with Crippen molar-refractivity contribution >= 4 is 12.4 Å². The van der Waals surface area contributed by atoms with Crippen molar-refractivity contribution in [3.05, 3.63) is 18.8 Å². The van der Waals surface area contributed by atoms with Crippen LogP contribution in [-0.4, -0.2) is 25.6 Å². The van der Waals surface area contributed by atoms with Crippen LogP contribution in [0.4, 0.5) is 0 Å². The van der Waals surface area contributed by atoms with Crippen LogP contribution in [0.15, 0.2) is 22.6 Å². The van der Waals surface area contributed by atoms with Gasteiger partial charge in [0.2, 0.25) is 0 Å². The molecule has 0 unspecified atom stereocenters. The van der Waals surface area contributed by atoms with Crippen LogP contribution in [0.3, 0.4) is 0 Å². The van der Waals surface area contributed by atoms with Crippen molar-refractivity contribution < 1.29 is 4.74 Å². The second-order valence-corrected chi connectivity index (χ2v) is 1.78. The van der Waals surface area contributed by atoms with Crippen LogP contribution >= 0.6 is 0 Å². The molecule has 52 valence electrons. The highest BCUT2D eigenvalue weighted by atomic mass is 16.5. The molecule has 0 amide bonds. The van der Waals surface area contributed by atoms with Crippen LogP contribution in [0.2, 0.25) is 0 Å². The SMILES string of the molecule is C=CCOC[C+]1N=CC=N1. The second-order valence-electron chi connectivity index (χ2n) is 1.78. The third-order valence-corrected chi connectivity index (χ3v) is 0.981. The van der Waals surface area contributed by atoms with Gasteiger partial charge in [0.1, 0.15) is 0 Å². The summed E-state index contributed by atoms with van der Waals surface area (Å²) in [7, 11) is 0. The Balaban J connectivity index is 2.08. The summed E-state index contributed by atoms with van der Waals surface area (Å²) in [5.41, 5.74) is 0. The van der Waals surface area contributed by atoms with Gasteiger partial charge in [-0.15, -0.1) is 6.58 Å². The van der Waals surface area contributed by atoms with E-state index in [1.54, 1.807) is 18.5 Å².